The van der Waals surface area contributed by atoms with Crippen molar-refractivity contribution in [3.8, 4) is 11.3 Å². The van der Waals surface area contributed by atoms with Gasteiger partial charge in [-0.25, -0.2) is 4.79 Å². The van der Waals surface area contributed by atoms with Gasteiger partial charge in [0.2, 0.25) is 0 Å². The van der Waals surface area contributed by atoms with Gasteiger partial charge in [-0.2, -0.15) is 0 Å². The molecule has 0 unspecified atom stereocenters. The molecule has 0 radical (unpaired) electrons. The number of rotatable bonds is 2. The van der Waals surface area contributed by atoms with Crippen LogP contribution in [0.15, 0.2) is 46.1 Å². The van der Waals surface area contributed by atoms with Gasteiger partial charge in [0.1, 0.15) is 0 Å². The minimum absolute atomic E-state index is 0.219. The lowest BCUT2D eigenvalue weighted by molar-refractivity contribution is 0.527. The molecule has 1 aliphatic rings. The zero-order valence-corrected chi connectivity index (χ0v) is 14.0. The quantitative estimate of drug-likeness (QED) is 0.728. The Labute approximate surface area is 139 Å². The summed E-state index contributed by atoms with van der Waals surface area (Å²) in [6.07, 6.45) is 6.66. The maximum atomic E-state index is 12.9. The Morgan fingerprint density at radius 2 is 1.62 bits per heavy atom. The summed E-state index contributed by atoms with van der Waals surface area (Å²) < 4.78 is 5.01. The Hall–Kier alpha value is -2.56. The first-order chi connectivity index (χ1) is 11.6. The second-order valence-corrected chi connectivity index (χ2v) is 6.66. The van der Waals surface area contributed by atoms with E-state index in [9.17, 15) is 9.59 Å². The molecule has 3 aromatic rings. The fourth-order valence-electron chi connectivity index (χ4n) is 3.92. The number of nitrogens with zero attached hydrogens (tertiary/aromatic N) is 3. The summed E-state index contributed by atoms with van der Waals surface area (Å²) in [7, 11) is 3.28. The van der Waals surface area contributed by atoms with E-state index >= 15 is 0 Å². The van der Waals surface area contributed by atoms with Crippen molar-refractivity contribution in [2.45, 2.75) is 31.7 Å². The van der Waals surface area contributed by atoms with Gasteiger partial charge in [-0.05, 0) is 18.4 Å². The predicted molar refractivity (Wildman–Crippen MR) is 95.4 cm³/mol. The molecule has 2 heterocycles. The average Bonchev–Trinajstić information content (AvgIpc) is 3.26. The van der Waals surface area contributed by atoms with Crippen LogP contribution in [0.1, 0.15) is 31.7 Å². The Morgan fingerprint density at radius 1 is 0.958 bits per heavy atom. The van der Waals surface area contributed by atoms with Gasteiger partial charge in [-0.3, -0.25) is 13.9 Å². The molecule has 5 nitrogen and oxygen atoms in total. The summed E-state index contributed by atoms with van der Waals surface area (Å²) in [5.74, 6) is 0. The normalized spacial score (nSPS) is 15.4. The molecule has 0 N–H and O–H groups in total. The highest BCUT2D eigenvalue weighted by molar-refractivity contribution is 5.93. The molecular formula is C19H21N3O2. The first-order valence-corrected chi connectivity index (χ1v) is 8.45. The fraction of sp³-hybridized carbons (Fsp3) is 0.368. The Bertz CT molecular complexity index is 1020. The van der Waals surface area contributed by atoms with Crippen molar-refractivity contribution in [2.24, 2.45) is 14.1 Å². The minimum Gasteiger partial charge on any atom is -0.342 e. The van der Waals surface area contributed by atoms with E-state index in [-0.39, 0.29) is 11.2 Å². The zero-order valence-electron chi connectivity index (χ0n) is 14.0. The van der Waals surface area contributed by atoms with Crippen molar-refractivity contribution in [3.63, 3.8) is 0 Å². The lowest BCUT2D eigenvalue weighted by Gasteiger charge is -2.16. The van der Waals surface area contributed by atoms with Crippen LogP contribution in [-0.2, 0) is 14.1 Å². The molecule has 0 saturated heterocycles. The second kappa shape index (κ2) is 5.51. The van der Waals surface area contributed by atoms with E-state index in [1.54, 1.807) is 18.7 Å². The number of aryl methyl sites for hydroxylation is 1. The van der Waals surface area contributed by atoms with E-state index in [1.807, 2.05) is 36.5 Å². The maximum Gasteiger partial charge on any atom is 0.330 e. The van der Waals surface area contributed by atoms with Crippen molar-refractivity contribution in [1.82, 2.24) is 13.7 Å². The first kappa shape index (κ1) is 15.0. The average molecular weight is 323 g/mol. The third-order valence-corrected chi connectivity index (χ3v) is 5.23. The molecule has 1 aliphatic carbocycles. The second-order valence-electron chi connectivity index (χ2n) is 6.66. The molecule has 0 amide bonds. The van der Waals surface area contributed by atoms with Gasteiger partial charge in [0.05, 0.1) is 16.6 Å². The molecule has 1 fully saturated rings. The lowest BCUT2D eigenvalue weighted by atomic mass is 10.1. The van der Waals surface area contributed by atoms with Gasteiger partial charge >= 0.3 is 5.69 Å². The number of fused-ring (bicyclic) bond motifs is 1. The highest BCUT2D eigenvalue weighted by Crippen LogP contribution is 2.37. The van der Waals surface area contributed by atoms with Crippen molar-refractivity contribution >= 4 is 10.9 Å². The number of hydrogen-bond donors (Lipinski definition) is 0. The van der Waals surface area contributed by atoms with Gasteiger partial charge in [0.25, 0.3) is 5.56 Å². The molecular weight excluding hydrogens is 302 g/mol. The standard InChI is InChI=1S/C19H21N3O2/c1-20-15-12-22(14-10-6-7-11-14)17(13-8-4-3-5-9-13)16(15)18(23)21(2)19(20)24/h3-5,8-9,12,14H,6-7,10-11H2,1-2H3. The third kappa shape index (κ3) is 2.08. The van der Waals surface area contributed by atoms with E-state index in [0.29, 0.717) is 16.9 Å². The van der Waals surface area contributed by atoms with Gasteiger partial charge in [0.15, 0.2) is 0 Å². The van der Waals surface area contributed by atoms with Crippen molar-refractivity contribution < 1.29 is 0 Å². The van der Waals surface area contributed by atoms with Crippen LogP contribution in [-0.4, -0.2) is 13.7 Å². The molecule has 0 atom stereocenters. The summed E-state index contributed by atoms with van der Waals surface area (Å²) in [6.45, 7) is 0. The number of hydrogen-bond acceptors (Lipinski definition) is 2. The highest BCUT2D eigenvalue weighted by atomic mass is 16.2. The fourth-order valence-corrected chi connectivity index (χ4v) is 3.92. The van der Waals surface area contributed by atoms with Crippen LogP contribution in [0, 0.1) is 0 Å². The summed E-state index contributed by atoms with van der Waals surface area (Å²) >= 11 is 0. The molecule has 2 aromatic heterocycles. The summed E-state index contributed by atoms with van der Waals surface area (Å²) in [5.41, 5.74) is 2.18. The minimum atomic E-state index is -0.282. The van der Waals surface area contributed by atoms with E-state index in [4.69, 9.17) is 0 Å². The molecule has 124 valence electrons. The Morgan fingerprint density at radius 3 is 2.29 bits per heavy atom. The smallest absolute Gasteiger partial charge is 0.330 e. The molecule has 0 bridgehead atoms. The molecule has 1 saturated carbocycles. The molecule has 0 aliphatic heterocycles. The van der Waals surface area contributed by atoms with Gasteiger partial charge in [-0.1, -0.05) is 43.2 Å². The van der Waals surface area contributed by atoms with Crippen LogP contribution >= 0.6 is 0 Å². The van der Waals surface area contributed by atoms with E-state index in [1.165, 1.54) is 17.4 Å². The third-order valence-electron chi connectivity index (χ3n) is 5.23. The van der Waals surface area contributed by atoms with Crippen molar-refractivity contribution in [3.05, 3.63) is 57.4 Å². The van der Waals surface area contributed by atoms with Crippen LogP contribution < -0.4 is 11.2 Å². The summed E-state index contributed by atoms with van der Waals surface area (Å²) in [5, 5.41) is 0.637. The number of benzene rings is 1. The molecule has 5 heteroatoms. The van der Waals surface area contributed by atoms with E-state index in [2.05, 4.69) is 4.57 Å². The van der Waals surface area contributed by atoms with Gasteiger partial charge in [0, 0.05) is 26.3 Å². The largest absolute Gasteiger partial charge is 0.342 e. The van der Waals surface area contributed by atoms with Crippen LogP contribution in [0.3, 0.4) is 0 Å². The Balaban J connectivity index is 2.15. The number of aromatic nitrogens is 3. The van der Waals surface area contributed by atoms with Crippen LogP contribution in [0.2, 0.25) is 0 Å². The van der Waals surface area contributed by atoms with E-state index < -0.39 is 0 Å². The highest BCUT2D eigenvalue weighted by Gasteiger charge is 2.25. The van der Waals surface area contributed by atoms with Crippen LogP contribution in [0.5, 0.6) is 0 Å². The van der Waals surface area contributed by atoms with Gasteiger partial charge < -0.3 is 4.57 Å². The zero-order chi connectivity index (χ0) is 16.8. The lowest BCUT2D eigenvalue weighted by Crippen LogP contribution is -2.36. The monoisotopic (exact) mass is 323 g/mol. The Kier molecular flexibility index (Phi) is 3.44. The molecule has 0 spiro atoms. The van der Waals surface area contributed by atoms with Gasteiger partial charge in [-0.15, -0.1) is 0 Å². The molecule has 1 aromatic carbocycles. The van der Waals surface area contributed by atoms with E-state index in [0.717, 1.165) is 24.1 Å². The molecule has 4 rings (SSSR count). The summed E-state index contributed by atoms with van der Waals surface area (Å²) in [4.78, 5) is 25.2. The first-order valence-electron chi connectivity index (χ1n) is 8.45. The topological polar surface area (TPSA) is 48.9 Å². The SMILES string of the molecule is Cn1c(=O)c2c(-c3ccccc3)n(C3CCCC3)cc2n(C)c1=O. The summed E-state index contributed by atoms with van der Waals surface area (Å²) in [6, 6.07) is 10.4. The van der Waals surface area contributed by atoms with Crippen LogP contribution in [0.25, 0.3) is 22.2 Å². The predicted octanol–water partition coefficient (Wildman–Crippen LogP) is 2.82. The molecule has 24 heavy (non-hydrogen) atoms. The van der Waals surface area contributed by atoms with Crippen molar-refractivity contribution in [2.75, 3.05) is 0 Å². The van der Waals surface area contributed by atoms with Crippen molar-refractivity contribution in [1.29, 1.82) is 0 Å². The maximum absolute atomic E-state index is 12.9. The van der Waals surface area contributed by atoms with Crippen LogP contribution in [0.4, 0.5) is 0 Å².